The fourth-order valence-electron chi connectivity index (χ4n) is 4.29. The normalized spacial score (nSPS) is 19.1. The molecule has 0 spiro atoms. The summed E-state index contributed by atoms with van der Waals surface area (Å²) in [5.74, 6) is 0. The molecule has 2 aromatic rings. The molecular formula is C26H36O3Si. The van der Waals surface area contributed by atoms with E-state index in [9.17, 15) is 0 Å². The van der Waals surface area contributed by atoms with E-state index in [1.807, 2.05) is 0 Å². The summed E-state index contributed by atoms with van der Waals surface area (Å²) < 4.78 is 18.6. The van der Waals surface area contributed by atoms with Crippen LogP contribution in [0.2, 0.25) is 5.04 Å². The van der Waals surface area contributed by atoms with E-state index in [-0.39, 0.29) is 17.4 Å². The number of hydrogen-bond donors (Lipinski definition) is 0. The van der Waals surface area contributed by atoms with Gasteiger partial charge in [-0.2, -0.15) is 0 Å². The first-order chi connectivity index (χ1) is 14.4. The van der Waals surface area contributed by atoms with Crippen LogP contribution in [0.15, 0.2) is 72.8 Å². The van der Waals surface area contributed by atoms with Crippen LogP contribution in [0.4, 0.5) is 0 Å². The fraction of sp³-hybridized carbons (Fsp3) is 0.462. The van der Waals surface area contributed by atoms with E-state index in [1.165, 1.54) is 16.8 Å². The van der Waals surface area contributed by atoms with Crippen LogP contribution in [0.1, 0.15) is 47.0 Å². The molecule has 162 valence electrons. The molecule has 0 saturated carbocycles. The highest BCUT2D eigenvalue weighted by molar-refractivity contribution is 6.99. The van der Waals surface area contributed by atoms with Crippen molar-refractivity contribution in [2.75, 3.05) is 13.2 Å². The molecule has 1 aliphatic rings. The van der Waals surface area contributed by atoms with Gasteiger partial charge in [-0.05, 0) is 41.6 Å². The minimum absolute atomic E-state index is 0.0100. The maximum atomic E-state index is 6.87. The Kier molecular flexibility index (Phi) is 8.06. The van der Waals surface area contributed by atoms with Crippen LogP contribution < -0.4 is 10.4 Å². The highest BCUT2D eigenvalue weighted by Gasteiger charge is 2.49. The molecule has 30 heavy (non-hydrogen) atoms. The summed E-state index contributed by atoms with van der Waals surface area (Å²) >= 11 is 0. The number of ether oxygens (including phenoxy) is 2. The SMILES string of the molecule is C[C@@H](/C=C/CO[Si](c1ccccc1)(c1ccccc1)C(C)(C)C)OC1CCCCO1. The Hall–Kier alpha value is -1.72. The lowest BCUT2D eigenvalue weighted by atomic mass is 10.2. The van der Waals surface area contributed by atoms with E-state index in [0.717, 1.165) is 19.4 Å². The first kappa shape index (κ1) is 23.0. The Morgan fingerprint density at radius 3 is 2.10 bits per heavy atom. The van der Waals surface area contributed by atoms with Crippen molar-refractivity contribution in [2.24, 2.45) is 0 Å². The third-order valence-electron chi connectivity index (χ3n) is 5.72. The molecule has 3 nitrogen and oxygen atoms in total. The molecular weight excluding hydrogens is 388 g/mol. The van der Waals surface area contributed by atoms with Gasteiger partial charge in [-0.25, -0.2) is 0 Å². The molecule has 0 amide bonds. The topological polar surface area (TPSA) is 27.7 Å². The average Bonchev–Trinajstić information content (AvgIpc) is 2.75. The summed E-state index contributed by atoms with van der Waals surface area (Å²) in [6.07, 6.45) is 7.43. The number of benzene rings is 2. The van der Waals surface area contributed by atoms with E-state index in [0.29, 0.717) is 6.61 Å². The van der Waals surface area contributed by atoms with E-state index in [1.54, 1.807) is 0 Å². The smallest absolute Gasteiger partial charge is 0.261 e. The van der Waals surface area contributed by atoms with Crippen molar-refractivity contribution in [1.29, 1.82) is 0 Å². The van der Waals surface area contributed by atoms with Gasteiger partial charge in [0.1, 0.15) is 0 Å². The molecule has 0 bridgehead atoms. The molecule has 2 aromatic carbocycles. The molecule has 4 heteroatoms. The Balaban J connectivity index is 1.78. The molecule has 1 saturated heterocycles. The zero-order valence-corrected chi connectivity index (χ0v) is 19.8. The summed E-state index contributed by atoms with van der Waals surface area (Å²) in [6, 6.07) is 21.5. The standard InChI is InChI=1S/C26H36O3Si/c1-22(29-25-19-11-12-20-27-25)14-13-21-28-30(26(2,3)4,23-15-7-5-8-16-23)24-17-9-6-10-18-24/h5-10,13-18,22,25H,11-12,19-21H2,1-4H3/b14-13+/t22-,25?/m0/s1. The van der Waals surface area contributed by atoms with Crippen LogP contribution in [-0.2, 0) is 13.9 Å². The fourth-order valence-corrected chi connectivity index (χ4v) is 8.79. The van der Waals surface area contributed by atoms with E-state index in [2.05, 4.69) is 101 Å². The highest BCUT2D eigenvalue weighted by atomic mass is 28.4. The van der Waals surface area contributed by atoms with Crippen molar-refractivity contribution in [3.05, 3.63) is 72.8 Å². The molecule has 1 fully saturated rings. The van der Waals surface area contributed by atoms with Crippen molar-refractivity contribution in [1.82, 2.24) is 0 Å². The molecule has 0 aliphatic carbocycles. The van der Waals surface area contributed by atoms with Crippen LogP contribution in [0.25, 0.3) is 0 Å². The number of hydrogen-bond acceptors (Lipinski definition) is 3. The second-order valence-corrected chi connectivity index (χ2v) is 13.3. The zero-order valence-electron chi connectivity index (χ0n) is 18.8. The first-order valence-corrected chi connectivity index (χ1v) is 13.0. The minimum atomic E-state index is -2.48. The summed E-state index contributed by atoms with van der Waals surface area (Å²) in [6.45, 7) is 10.3. The molecule has 2 atom stereocenters. The van der Waals surface area contributed by atoms with Crippen molar-refractivity contribution in [2.45, 2.75) is 64.4 Å². The Morgan fingerprint density at radius 1 is 1.00 bits per heavy atom. The minimum Gasteiger partial charge on any atom is -0.404 e. The molecule has 0 radical (unpaired) electrons. The van der Waals surface area contributed by atoms with Gasteiger partial charge in [0.15, 0.2) is 6.29 Å². The lowest BCUT2D eigenvalue weighted by molar-refractivity contribution is -0.175. The molecule has 1 heterocycles. The largest absolute Gasteiger partial charge is 0.404 e. The second-order valence-electron chi connectivity index (χ2n) is 9.04. The van der Waals surface area contributed by atoms with Crippen molar-refractivity contribution in [3.8, 4) is 0 Å². The van der Waals surface area contributed by atoms with E-state index >= 15 is 0 Å². The first-order valence-electron chi connectivity index (χ1n) is 11.1. The Bertz CT molecular complexity index is 737. The van der Waals surface area contributed by atoms with Gasteiger partial charge in [0.25, 0.3) is 8.32 Å². The highest BCUT2D eigenvalue weighted by Crippen LogP contribution is 2.36. The van der Waals surface area contributed by atoms with Gasteiger partial charge in [0.05, 0.1) is 12.7 Å². The monoisotopic (exact) mass is 424 g/mol. The summed E-state index contributed by atoms with van der Waals surface area (Å²) in [4.78, 5) is 0. The average molecular weight is 425 g/mol. The lowest BCUT2D eigenvalue weighted by Crippen LogP contribution is -2.66. The van der Waals surface area contributed by atoms with Gasteiger partial charge >= 0.3 is 0 Å². The third kappa shape index (κ3) is 5.49. The van der Waals surface area contributed by atoms with Crippen molar-refractivity contribution >= 4 is 18.7 Å². The summed E-state index contributed by atoms with van der Waals surface area (Å²) in [5.41, 5.74) is 0. The van der Waals surface area contributed by atoms with Gasteiger partial charge in [-0.1, -0.05) is 93.6 Å². The van der Waals surface area contributed by atoms with E-state index < -0.39 is 8.32 Å². The van der Waals surface area contributed by atoms with Gasteiger partial charge in [-0.15, -0.1) is 0 Å². The summed E-state index contributed by atoms with van der Waals surface area (Å²) in [5, 5.41) is 2.59. The predicted molar refractivity (Wildman–Crippen MR) is 127 cm³/mol. The maximum absolute atomic E-state index is 6.87. The van der Waals surface area contributed by atoms with Gasteiger partial charge in [0.2, 0.25) is 0 Å². The molecule has 0 aromatic heterocycles. The number of rotatable bonds is 8. The molecule has 0 N–H and O–H groups in total. The van der Waals surface area contributed by atoms with Gasteiger partial charge < -0.3 is 13.9 Å². The third-order valence-corrected chi connectivity index (χ3v) is 10.7. The zero-order chi connectivity index (χ0) is 21.5. The van der Waals surface area contributed by atoms with Crippen LogP contribution in [0.5, 0.6) is 0 Å². The van der Waals surface area contributed by atoms with Crippen molar-refractivity contribution < 1.29 is 13.9 Å². The van der Waals surface area contributed by atoms with Gasteiger partial charge in [0, 0.05) is 6.61 Å². The maximum Gasteiger partial charge on any atom is 0.261 e. The van der Waals surface area contributed by atoms with Crippen LogP contribution in [0.3, 0.4) is 0 Å². The second kappa shape index (κ2) is 10.5. The van der Waals surface area contributed by atoms with Gasteiger partial charge in [-0.3, -0.25) is 0 Å². The predicted octanol–water partition coefficient (Wildman–Crippen LogP) is 5.05. The van der Waals surface area contributed by atoms with Crippen LogP contribution >= 0.6 is 0 Å². The Labute approximate surface area is 183 Å². The Morgan fingerprint density at radius 2 is 1.60 bits per heavy atom. The van der Waals surface area contributed by atoms with Crippen LogP contribution in [0, 0.1) is 0 Å². The summed E-state index contributed by atoms with van der Waals surface area (Å²) in [7, 11) is -2.48. The van der Waals surface area contributed by atoms with Crippen molar-refractivity contribution in [3.63, 3.8) is 0 Å². The molecule has 3 rings (SSSR count). The molecule has 1 unspecified atom stereocenters. The molecule has 1 aliphatic heterocycles. The quantitative estimate of drug-likeness (QED) is 0.438. The van der Waals surface area contributed by atoms with Crippen LogP contribution in [-0.4, -0.2) is 33.9 Å². The van der Waals surface area contributed by atoms with E-state index in [4.69, 9.17) is 13.9 Å². The lowest BCUT2D eigenvalue weighted by Gasteiger charge is -2.42.